The molecule has 0 spiro atoms. The van der Waals surface area contributed by atoms with Gasteiger partial charge in [-0.25, -0.2) is 8.78 Å². The Morgan fingerprint density at radius 3 is 2.57 bits per heavy atom. The number of aliphatic carboxylic acids is 1. The summed E-state index contributed by atoms with van der Waals surface area (Å²) in [5, 5.41) is 10.9. The summed E-state index contributed by atoms with van der Waals surface area (Å²) in [7, 11) is 0. The minimum absolute atomic E-state index is 0.160. The van der Waals surface area contributed by atoms with Crippen molar-refractivity contribution in [1.82, 2.24) is 15.3 Å². The first-order valence-electron chi connectivity index (χ1n) is 11.1. The lowest BCUT2D eigenvalue weighted by Gasteiger charge is -2.10. The summed E-state index contributed by atoms with van der Waals surface area (Å²) in [6, 6.07) is 12.6. The number of carboxylic acids is 1. The minimum Gasteiger partial charge on any atom is -0.480 e. The Labute approximate surface area is 209 Å². The van der Waals surface area contributed by atoms with Crippen LogP contribution in [0.25, 0.3) is 11.4 Å². The van der Waals surface area contributed by atoms with Gasteiger partial charge in [-0.15, -0.1) is 0 Å². The summed E-state index contributed by atoms with van der Waals surface area (Å²) < 4.78 is 34.3. The number of carboxylic acid groups (broad SMARTS) is 1. The third-order valence-corrected chi connectivity index (χ3v) is 5.39. The number of hydrogen-bond donors (Lipinski definition) is 3. The number of carbonyl (C=O) groups is 3. The lowest BCUT2D eigenvalue weighted by molar-refractivity contribution is -0.135. The number of nitrogens with one attached hydrogen (secondary N) is 2. The first-order chi connectivity index (χ1) is 17.7. The standard InChI is InChI=1S/C27H21F2N3O5/c1-15-2-4-20(28)17(8-15)10-24(33)16-3-5-21(29)25(11-16)37-19-6-7-30-23(12-19)22-9-18(13-31-22)27(36)32-14-26(34)35/h2-9,11-13,31H,10,14H2,1H3,(H,32,36)(H,34,35). The number of benzene rings is 2. The van der Waals surface area contributed by atoms with Gasteiger partial charge < -0.3 is 20.1 Å². The van der Waals surface area contributed by atoms with Gasteiger partial charge in [0.15, 0.2) is 17.3 Å². The quantitative estimate of drug-likeness (QED) is 0.284. The van der Waals surface area contributed by atoms with E-state index in [1.165, 1.54) is 48.8 Å². The van der Waals surface area contributed by atoms with Gasteiger partial charge in [0.1, 0.15) is 18.1 Å². The zero-order chi connectivity index (χ0) is 26.5. The van der Waals surface area contributed by atoms with E-state index in [2.05, 4.69) is 15.3 Å². The summed E-state index contributed by atoms with van der Waals surface area (Å²) in [5.74, 6) is -3.33. The molecule has 0 radical (unpaired) electrons. The molecule has 0 bridgehead atoms. The second kappa shape index (κ2) is 10.8. The van der Waals surface area contributed by atoms with Gasteiger partial charge in [-0.3, -0.25) is 19.4 Å². The van der Waals surface area contributed by atoms with E-state index < -0.39 is 35.8 Å². The first-order valence-corrected chi connectivity index (χ1v) is 11.1. The van der Waals surface area contributed by atoms with E-state index >= 15 is 0 Å². The maximum absolute atomic E-state index is 14.5. The topological polar surface area (TPSA) is 121 Å². The van der Waals surface area contributed by atoms with Crippen LogP contribution in [-0.4, -0.2) is 39.3 Å². The van der Waals surface area contributed by atoms with Gasteiger partial charge in [0.05, 0.1) is 17.0 Å². The van der Waals surface area contributed by atoms with Crippen molar-refractivity contribution in [3.05, 3.63) is 101 Å². The molecule has 0 aliphatic heterocycles. The van der Waals surface area contributed by atoms with E-state index in [4.69, 9.17) is 9.84 Å². The Bertz CT molecular complexity index is 1500. The lowest BCUT2D eigenvalue weighted by Crippen LogP contribution is -2.28. The van der Waals surface area contributed by atoms with Crippen molar-refractivity contribution in [3.63, 3.8) is 0 Å². The maximum Gasteiger partial charge on any atom is 0.322 e. The molecule has 8 nitrogen and oxygen atoms in total. The number of aromatic amines is 1. The number of ether oxygens (including phenoxy) is 1. The normalized spacial score (nSPS) is 10.7. The first kappa shape index (κ1) is 25.2. The molecule has 0 unspecified atom stereocenters. The molecule has 1 amide bonds. The van der Waals surface area contributed by atoms with Crippen LogP contribution in [0.15, 0.2) is 67.0 Å². The van der Waals surface area contributed by atoms with E-state index in [0.29, 0.717) is 11.4 Å². The molecule has 4 rings (SSSR count). The number of aryl methyl sites for hydroxylation is 1. The molecule has 10 heteroatoms. The Balaban J connectivity index is 1.51. The van der Waals surface area contributed by atoms with Crippen molar-refractivity contribution in [3.8, 4) is 22.9 Å². The van der Waals surface area contributed by atoms with Crippen molar-refractivity contribution < 1.29 is 33.0 Å². The molecule has 0 fully saturated rings. The predicted octanol–water partition coefficient (Wildman–Crippen LogP) is 4.70. The highest BCUT2D eigenvalue weighted by Crippen LogP contribution is 2.29. The van der Waals surface area contributed by atoms with Gasteiger partial charge >= 0.3 is 5.97 Å². The maximum atomic E-state index is 14.5. The monoisotopic (exact) mass is 505 g/mol. The highest BCUT2D eigenvalue weighted by atomic mass is 19.1. The van der Waals surface area contributed by atoms with Crippen molar-refractivity contribution >= 4 is 17.7 Å². The SMILES string of the molecule is Cc1ccc(F)c(CC(=O)c2ccc(F)c(Oc3ccnc(-c4cc(C(=O)NCC(=O)O)c[nH]4)c3)c2)c1. The summed E-state index contributed by atoms with van der Waals surface area (Å²) in [6.07, 6.45) is 2.63. The fourth-order valence-corrected chi connectivity index (χ4v) is 3.55. The van der Waals surface area contributed by atoms with Gasteiger partial charge in [-0.05, 0) is 48.9 Å². The van der Waals surface area contributed by atoms with Gasteiger partial charge in [0.2, 0.25) is 0 Å². The van der Waals surface area contributed by atoms with E-state index in [0.717, 1.165) is 11.6 Å². The van der Waals surface area contributed by atoms with Crippen LogP contribution in [-0.2, 0) is 11.2 Å². The summed E-state index contributed by atoms with van der Waals surface area (Å²) in [6.45, 7) is 1.27. The van der Waals surface area contributed by atoms with Crippen LogP contribution in [0.1, 0.15) is 31.8 Å². The van der Waals surface area contributed by atoms with Crippen LogP contribution in [0.4, 0.5) is 8.78 Å². The molecule has 2 aromatic carbocycles. The van der Waals surface area contributed by atoms with Crippen LogP contribution in [0.2, 0.25) is 0 Å². The summed E-state index contributed by atoms with van der Waals surface area (Å²) in [4.78, 5) is 42.5. The van der Waals surface area contributed by atoms with E-state index in [9.17, 15) is 23.2 Å². The molecule has 3 N–H and O–H groups in total. The minimum atomic E-state index is -1.17. The molecule has 0 aliphatic carbocycles. The Kier molecular flexibility index (Phi) is 7.38. The molecule has 0 saturated carbocycles. The third-order valence-electron chi connectivity index (χ3n) is 5.39. The Morgan fingerprint density at radius 2 is 1.78 bits per heavy atom. The van der Waals surface area contributed by atoms with Crippen LogP contribution in [0, 0.1) is 18.6 Å². The highest BCUT2D eigenvalue weighted by Gasteiger charge is 2.16. The molecule has 0 aliphatic rings. The molecular formula is C27H21F2N3O5. The van der Waals surface area contributed by atoms with E-state index in [-0.39, 0.29) is 34.6 Å². The largest absolute Gasteiger partial charge is 0.480 e. The van der Waals surface area contributed by atoms with Crippen molar-refractivity contribution in [1.29, 1.82) is 0 Å². The average Bonchev–Trinajstić information content (AvgIpc) is 3.37. The number of nitrogens with zero attached hydrogens (tertiary/aromatic N) is 1. The number of amides is 1. The van der Waals surface area contributed by atoms with Gasteiger partial charge in [0, 0.05) is 30.4 Å². The number of rotatable bonds is 9. The van der Waals surface area contributed by atoms with E-state index in [1.54, 1.807) is 19.1 Å². The number of halogens is 2. The fourth-order valence-electron chi connectivity index (χ4n) is 3.55. The number of hydrogen-bond acceptors (Lipinski definition) is 5. The summed E-state index contributed by atoms with van der Waals surface area (Å²) >= 11 is 0. The van der Waals surface area contributed by atoms with Crippen LogP contribution >= 0.6 is 0 Å². The number of carbonyl (C=O) groups excluding carboxylic acids is 2. The number of aromatic nitrogens is 2. The second-order valence-corrected chi connectivity index (χ2v) is 8.20. The Morgan fingerprint density at radius 1 is 1.00 bits per heavy atom. The zero-order valence-corrected chi connectivity index (χ0v) is 19.5. The number of ketones is 1. The Hall–Kier alpha value is -4.86. The van der Waals surface area contributed by atoms with Crippen molar-refractivity contribution in [2.75, 3.05) is 6.54 Å². The van der Waals surface area contributed by atoms with Gasteiger partial charge in [-0.2, -0.15) is 0 Å². The number of H-pyrrole nitrogens is 1. The molecule has 4 aromatic rings. The van der Waals surface area contributed by atoms with Crippen LogP contribution in [0.5, 0.6) is 11.5 Å². The molecule has 0 atom stereocenters. The number of Topliss-reactive ketones (excluding diaryl/α,β-unsaturated/α-hetero) is 1. The molecule has 0 saturated heterocycles. The molecule has 37 heavy (non-hydrogen) atoms. The van der Waals surface area contributed by atoms with E-state index in [1.807, 2.05) is 0 Å². The van der Waals surface area contributed by atoms with Gasteiger partial charge in [-0.1, -0.05) is 17.7 Å². The molecule has 188 valence electrons. The fraction of sp³-hybridized carbons (Fsp3) is 0.111. The van der Waals surface area contributed by atoms with Crippen LogP contribution in [0.3, 0.4) is 0 Å². The van der Waals surface area contributed by atoms with Crippen LogP contribution < -0.4 is 10.1 Å². The average molecular weight is 505 g/mol. The smallest absolute Gasteiger partial charge is 0.322 e. The summed E-state index contributed by atoms with van der Waals surface area (Å²) in [5.41, 5.74) is 2.24. The zero-order valence-electron chi connectivity index (χ0n) is 19.5. The predicted molar refractivity (Wildman–Crippen MR) is 130 cm³/mol. The molecule has 2 aromatic heterocycles. The van der Waals surface area contributed by atoms with Gasteiger partial charge in [0.25, 0.3) is 5.91 Å². The van der Waals surface area contributed by atoms with Crippen molar-refractivity contribution in [2.24, 2.45) is 0 Å². The lowest BCUT2D eigenvalue weighted by atomic mass is 10.0. The number of pyridine rings is 1. The second-order valence-electron chi connectivity index (χ2n) is 8.20. The van der Waals surface area contributed by atoms with Crippen molar-refractivity contribution in [2.45, 2.75) is 13.3 Å². The molecular weight excluding hydrogens is 484 g/mol. The molecule has 2 heterocycles. The third kappa shape index (κ3) is 6.23. The highest BCUT2D eigenvalue weighted by molar-refractivity contribution is 5.98.